The monoisotopic (exact) mass is 236 g/mol. The fourth-order valence-corrected chi connectivity index (χ4v) is 0.341. The van der Waals surface area contributed by atoms with E-state index in [1.807, 2.05) is 0 Å². The van der Waals surface area contributed by atoms with Gasteiger partial charge in [0, 0.05) is 6.92 Å². The first kappa shape index (κ1) is 14.7. The van der Waals surface area contributed by atoms with E-state index in [1.54, 1.807) is 13.8 Å². The molecule has 13 heavy (non-hydrogen) atoms. The number of rotatable bonds is 2. The van der Waals surface area contributed by atoms with Gasteiger partial charge in [0.15, 0.2) is 0 Å². The molecule has 4 nitrogen and oxygen atoms in total. The number of ether oxygens (including phenoxy) is 1. The molecule has 0 spiro atoms. The first-order chi connectivity index (χ1) is 5.77. The summed E-state index contributed by atoms with van der Waals surface area (Å²) in [6, 6.07) is 0. The Morgan fingerprint density at radius 2 is 1.77 bits per heavy atom. The van der Waals surface area contributed by atoms with Crippen LogP contribution in [0.1, 0.15) is 20.8 Å². The second-order valence-corrected chi connectivity index (χ2v) is 2.95. The summed E-state index contributed by atoms with van der Waals surface area (Å²) in [5.74, 6) is -1.26. The van der Waals surface area contributed by atoms with Crippen LogP contribution in [0.15, 0.2) is 12.2 Å². The third-order valence-electron chi connectivity index (χ3n) is 0.609. The smallest absolute Gasteiger partial charge is 0.300 e. The van der Waals surface area contributed by atoms with Crippen molar-refractivity contribution in [3.63, 3.8) is 0 Å². The van der Waals surface area contributed by atoms with Crippen LogP contribution in [0.25, 0.3) is 0 Å². The molecule has 0 bridgehead atoms. The Balaban J connectivity index is 0. The van der Waals surface area contributed by atoms with Crippen LogP contribution in [0.2, 0.25) is 0 Å². The van der Waals surface area contributed by atoms with Gasteiger partial charge in [0.1, 0.15) is 0 Å². The maximum Gasteiger partial charge on any atom is 0.300 e. The number of carbonyl (C=O) groups excluding carboxylic acids is 1. The summed E-state index contributed by atoms with van der Waals surface area (Å²) in [6.07, 6.45) is 0. The van der Waals surface area contributed by atoms with Crippen molar-refractivity contribution >= 4 is 11.9 Å². The summed E-state index contributed by atoms with van der Waals surface area (Å²) in [4.78, 5) is 19.6. The predicted octanol–water partition coefficient (Wildman–Crippen LogP) is 1.09. The number of carboxylic acids is 1. The average molecular weight is 237 g/mol. The van der Waals surface area contributed by atoms with Crippen LogP contribution >= 0.6 is 0 Å². The van der Waals surface area contributed by atoms with E-state index < -0.39 is 16.9 Å². The van der Waals surface area contributed by atoms with Gasteiger partial charge in [0.25, 0.3) is 5.97 Å². The third kappa shape index (κ3) is 18.3. The van der Waals surface area contributed by atoms with Gasteiger partial charge in [-0.3, -0.25) is 4.79 Å². The van der Waals surface area contributed by atoms with Crippen molar-refractivity contribution in [2.24, 2.45) is 0 Å². The van der Waals surface area contributed by atoms with Crippen molar-refractivity contribution in [3.05, 3.63) is 12.2 Å². The Hall–Kier alpha value is -0.801. The number of hydrogen-bond donors (Lipinski definition) is 1. The Kier molecular flexibility index (Phi) is 8.86. The average Bonchev–Trinajstić information content (AvgIpc) is 1.83. The Morgan fingerprint density at radius 3 is 1.85 bits per heavy atom. The van der Waals surface area contributed by atoms with Gasteiger partial charge in [0.2, 0.25) is 0 Å². The van der Waals surface area contributed by atoms with E-state index >= 15 is 0 Å². The molecular formula is C8H13CuO4. The molecule has 0 aromatic rings. The van der Waals surface area contributed by atoms with Crippen LogP contribution in [-0.4, -0.2) is 22.0 Å². The molecule has 0 radical (unpaired) electrons. The van der Waals surface area contributed by atoms with Crippen molar-refractivity contribution in [1.82, 2.24) is 0 Å². The fraction of sp³-hybridized carbons (Fsp3) is 0.500. The largest absolute Gasteiger partial charge is 0.481 e. The minimum Gasteiger partial charge on any atom is -0.481 e. The van der Waals surface area contributed by atoms with Gasteiger partial charge in [-0.05, 0) is 0 Å². The van der Waals surface area contributed by atoms with Crippen LogP contribution in [0.5, 0.6) is 0 Å². The predicted molar refractivity (Wildman–Crippen MR) is 43.7 cm³/mol. The summed E-state index contributed by atoms with van der Waals surface area (Å²) >= 11 is 4.73. The van der Waals surface area contributed by atoms with Crippen molar-refractivity contribution in [2.45, 2.75) is 25.8 Å². The second-order valence-electron chi connectivity index (χ2n) is 2.19. The van der Waals surface area contributed by atoms with E-state index in [2.05, 4.69) is 11.3 Å². The number of carbonyl (C=O) groups is 2. The normalized spacial score (nSPS) is 10.5. The number of aliphatic carboxylic acids is 1. The molecule has 0 amide bonds. The molecule has 0 fully saturated rings. The molecule has 0 aliphatic carbocycles. The van der Waals surface area contributed by atoms with Gasteiger partial charge < -0.3 is 5.11 Å². The van der Waals surface area contributed by atoms with E-state index in [0.717, 1.165) is 6.92 Å². The van der Waals surface area contributed by atoms with Gasteiger partial charge >= 0.3 is 62.5 Å². The molecule has 1 unspecified atom stereocenters. The molecule has 0 aliphatic rings. The van der Waals surface area contributed by atoms with Crippen LogP contribution < -0.4 is 0 Å². The number of hydrogen-bond acceptors (Lipinski definition) is 3. The van der Waals surface area contributed by atoms with Gasteiger partial charge in [0.05, 0.1) is 0 Å². The molecule has 0 aromatic carbocycles. The van der Waals surface area contributed by atoms with Gasteiger partial charge in [-0.15, -0.1) is 0 Å². The van der Waals surface area contributed by atoms with Crippen molar-refractivity contribution in [3.8, 4) is 0 Å². The molecule has 80 valence electrons. The van der Waals surface area contributed by atoms with E-state index in [-0.39, 0.29) is 0 Å². The van der Waals surface area contributed by atoms with Crippen molar-refractivity contribution < 1.29 is 35.4 Å². The van der Waals surface area contributed by atoms with Crippen LogP contribution in [0.4, 0.5) is 0 Å². The van der Waals surface area contributed by atoms with Gasteiger partial charge in [-0.2, -0.15) is 0 Å². The van der Waals surface area contributed by atoms with Gasteiger partial charge in [-0.25, -0.2) is 0 Å². The topological polar surface area (TPSA) is 63.6 Å². The molecule has 0 rings (SSSR count). The standard InChI is InChI=1S/C6H9O2.C2H4O2.Cu/c1-4-8-6(7)5(2)3;1-2(3)4;/h4H,2H2,1,3H3;1H3,(H,3,4);. The first-order valence-electron chi connectivity index (χ1n) is 3.43. The summed E-state index contributed by atoms with van der Waals surface area (Å²) < 4.78 is 4.58. The van der Waals surface area contributed by atoms with Crippen molar-refractivity contribution in [1.29, 1.82) is 0 Å². The third-order valence-corrected chi connectivity index (χ3v) is 0.720. The van der Waals surface area contributed by atoms with E-state index in [4.69, 9.17) is 25.9 Å². The maximum atomic E-state index is 10.6. The van der Waals surface area contributed by atoms with Crippen LogP contribution in [0, 0.1) is 0 Å². The Morgan fingerprint density at radius 1 is 1.46 bits per heavy atom. The van der Waals surface area contributed by atoms with E-state index in [1.165, 1.54) is 0 Å². The van der Waals surface area contributed by atoms with E-state index in [0.29, 0.717) is 5.57 Å². The summed E-state index contributed by atoms with van der Waals surface area (Å²) in [7, 11) is 0. The zero-order valence-corrected chi connectivity index (χ0v) is 8.70. The molecular weight excluding hydrogens is 224 g/mol. The zero-order chi connectivity index (χ0) is 11.0. The zero-order valence-electron chi connectivity index (χ0n) is 7.76. The summed E-state index contributed by atoms with van der Waals surface area (Å²) in [5.41, 5.74) is 0.378. The molecule has 0 saturated carbocycles. The van der Waals surface area contributed by atoms with Crippen LogP contribution in [-0.2, 0) is 30.3 Å². The fourth-order valence-electron chi connectivity index (χ4n) is 0.240. The summed E-state index contributed by atoms with van der Waals surface area (Å²) in [5, 5.41) is 6.93. The van der Waals surface area contributed by atoms with E-state index in [9.17, 15) is 4.79 Å². The minimum atomic E-state index is -0.833. The van der Waals surface area contributed by atoms with Crippen LogP contribution in [0.3, 0.4) is 0 Å². The molecule has 5 heteroatoms. The molecule has 0 aromatic heterocycles. The van der Waals surface area contributed by atoms with Gasteiger partial charge in [-0.1, -0.05) is 0 Å². The maximum absolute atomic E-state index is 10.6. The molecule has 0 aliphatic heterocycles. The molecule has 1 N–H and O–H groups in total. The molecule has 1 atom stereocenters. The SMILES string of the molecule is C=C(C)C(=O)O[CH](C)[Cu].CC(=O)O. The number of esters is 1. The molecule has 0 saturated heterocycles. The summed E-state index contributed by atoms with van der Waals surface area (Å²) in [6.45, 7) is 7.66. The van der Waals surface area contributed by atoms with Crippen molar-refractivity contribution in [2.75, 3.05) is 0 Å². The Bertz CT molecular complexity index is 194. The first-order valence-corrected chi connectivity index (χ1v) is 3.97. The minimum absolute atomic E-state index is 0.378. The quantitative estimate of drug-likeness (QED) is 0.443. The number of carboxylic acid groups (broad SMARTS) is 1. The second kappa shape index (κ2) is 7.83. The molecule has 0 heterocycles. The Labute approximate surface area is 85.8 Å².